The van der Waals surface area contributed by atoms with Crippen molar-refractivity contribution < 1.29 is 24.6 Å². The van der Waals surface area contributed by atoms with E-state index in [1.807, 2.05) is 6.92 Å². The topological polar surface area (TPSA) is 130 Å². The maximum atomic E-state index is 11.6. The van der Waals surface area contributed by atoms with Crippen LogP contribution in [0.3, 0.4) is 0 Å². The lowest BCUT2D eigenvalue weighted by Crippen LogP contribution is -2.43. The van der Waals surface area contributed by atoms with Gasteiger partial charge in [-0.1, -0.05) is 6.92 Å². The van der Waals surface area contributed by atoms with Gasteiger partial charge in [-0.05, 0) is 32.6 Å². The van der Waals surface area contributed by atoms with Crippen LogP contribution in [0.4, 0.5) is 0 Å². The third kappa shape index (κ3) is 7.08. The molecule has 2 atom stereocenters. The van der Waals surface area contributed by atoms with Crippen molar-refractivity contribution in [3.63, 3.8) is 0 Å². The number of rotatable bonds is 9. The highest BCUT2D eigenvalue weighted by atomic mass is 16.4. The van der Waals surface area contributed by atoms with E-state index in [2.05, 4.69) is 5.32 Å². The molecule has 0 aliphatic heterocycles. The average Bonchev–Trinajstić information content (AvgIpc) is 2.32. The summed E-state index contributed by atoms with van der Waals surface area (Å²) in [6.07, 6.45) is 0.347. The van der Waals surface area contributed by atoms with Crippen molar-refractivity contribution in [2.75, 3.05) is 6.54 Å². The number of hydrogen-bond acceptors (Lipinski definition) is 4. The molecule has 7 heteroatoms. The zero-order valence-corrected chi connectivity index (χ0v) is 12.2. The van der Waals surface area contributed by atoms with E-state index in [1.165, 1.54) is 0 Å². The summed E-state index contributed by atoms with van der Waals surface area (Å²) in [4.78, 5) is 33.0. The molecule has 0 saturated carbocycles. The molecule has 0 saturated heterocycles. The molecular formula is C13H24N2O5. The molecule has 0 aliphatic carbocycles. The minimum absolute atomic E-state index is 0.0169. The van der Waals surface area contributed by atoms with Crippen LogP contribution in [0, 0.1) is 11.3 Å². The van der Waals surface area contributed by atoms with Gasteiger partial charge in [-0.15, -0.1) is 0 Å². The molecule has 0 aromatic heterocycles. The fraction of sp³-hybridized carbons (Fsp3) is 0.769. The number of carboxylic acids is 2. The van der Waals surface area contributed by atoms with E-state index in [1.54, 1.807) is 13.8 Å². The molecule has 0 radical (unpaired) electrons. The SMILES string of the molecule is CC(CNC(=O)[C@@H](N)CCC(=O)O)CC(C)(C)C(=O)O. The minimum Gasteiger partial charge on any atom is -0.481 e. The molecule has 116 valence electrons. The first-order valence-electron chi connectivity index (χ1n) is 6.54. The van der Waals surface area contributed by atoms with Crippen molar-refractivity contribution in [1.82, 2.24) is 5.32 Å². The summed E-state index contributed by atoms with van der Waals surface area (Å²) in [6, 6.07) is -0.856. The first-order valence-corrected chi connectivity index (χ1v) is 6.54. The van der Waals surface area contributed by atoms with E-state index in [0.29, 0.717) is 13.0 Å². The number of nitrogens with one attached hydrogen (secondary N) is 1. The zero-order valence-electron chi connectivity index (χ0n) is 12.2. The lowest BCUT2D eigenvalue weighted by atomic mass is 9.83. The van der Waals surface area contributed by atoms with Gasteiger partial charge in [0, 0.05) is 13.0 Å². The molecule has 0 spiro atoms. The van der Waals surface area contributed by atoms with Crippen LogP contribution in [0.1, 0.15) is 40.0 Å². The average molecular weight is 288 g/mol. The Morgan fingerprint density at radius 1 is 1.25 bits per heavy atom. The van der Waals surface area contributed by atoms with Gasteiger partial charge >= 0.3 is 11.9 Å². The van der Waals surface area contributed by atoms with E-state index < -0.39 is 29.3 Å². The fourth-order valence-corrected chi connectivity index (χ4v) is 1.85. The number of carbonyl (C=O) groups is 3. The lowest BCUT2D eigenvalue weighted by molar-refractivity contribution is -0.147. The molecule has 5 N–H and O–H groups in total. The van der Waals surface area contributed by atoms with Crippen LogP contribution in [0.5, 0.6) is 0 Å². The maximum absolute atomic E-state index is 11.6. The number of nitrogens with two attached hydrogens (primary N) is 1. The Kier molecular flexibility index (Phi) is 7.20. The molecule has 0 bridgehead atoms. The molecule has 0 aromatic carbocycles. The number of hydrogen-bond donors (Lipinski definition) is 4. The Hall–Kier alpha value is -1.63. The van der Waals surface area contributed by atoms with Gasteiger partial charge < -0.3 is 21.3 Å². The molecular weight excluding hydrogens is 264 g/mol. The summed E-state index contributed by atoms with van der Waals surface area (Å²) in [6.45, 7) is 5.42. The first kappa shape index (κ1) is 18.4. The Balaban J connectivity index is 4.11. The van der Waals surface area contributed by atoms with Crippen LogP contribution in [0.15, 0.2) is 0 Å². The summed E-state index contributed by atoms with van der Waals surface area (Å²) >= 11 is 0. The molecule has 7 nitrogen and oxygen atoms in total. The van der Waals surface area contributed by atoms with Gasteiger partial charge in [-0.25, -0.2) is 0 Å². The Bertz CT molecular complexity index is 368. The predicted molar refractivity (Wildman–Crippen MR) is 73.1 cm³/mol. The van der Waals surface area contributed by atoms with E-state index in [0.717, 1.165) is 0 Å². The van der Waals surface area contributed by atoms with E-state index in [4.69, 9.17) is 15.9 Å². The maximum Gasteiger partial charge on any atom is 0.309 e. The molecule has 1 unspecified atom stereocenters. The zero-order chi connectivity index (χ0) is 15.9. The number of carbonyl (C=O) groups excluding carboxylic acids is 1. The van der Waals surface area contributed by atoms with Crippen LogP contribution in [0.25, 0.3) is 0 Å². The van der Waals surface area contributed by atoms with Crippen LogP contribution < -0.4 is 11.1 Å². The third-order valence-corrected chi connectivity index (χ3v) is 3.07. The van der Waals surface area contributed by atoms with Gasteiger partial charge in [0.25, 0.3) is 0 Å². The van der Waals surface area contributed by atoms with Gasteiger partial charge in [0.2, 0.25) is 5.91 Å². The highest BCUT2D eigenvalue weighted by molar-refractivity contribution is 5.82. The Morgan fingerprint density at radius 2 is 1.80 bits per heavy atom. The second kappa shape index (κ2) is 7.84. The molecule has 0 rings (SSSR count). The Morgan fingerprint density at radius 3 is 2.25 bits per heavy atom. The van der Waals surface area contributed by atoms with Crippen molar-refractivity contribution in [2.45, 2.75) is 46.1 Å². The largest absolute Gasteiger partial charge is 0.481 e. The van der Waals surface area contributed by atoms with Crippen molar-refractivity contribution in [2.24, 2.45) is 17.1 Å². The Labute approximate surface area is 118 Å². The second-order valence-electron chi connectivity index (χ2n) is 5.78. The van der Waals surface area contributed by atoms with Gasteiger partial charge in [0.05, 0.1) is 11.5 Å². The molecule has 0 aromatic rings. The van der Waals surface area contributed by atoms with Crippen molar-refractivity contribution >= 4 is 17.8 Å². The second-order valence-corrected chi connectivity index (χ2v) is 5.78. The summed E-state index contributed by atoms with van der Waals surface area (Å²) in [7, 11) is 0. The normalized spacial score (nSPS) is 14.4. The summed E-state index contributed by atoms with van der Waals surface area (Å²) in [5, 5.41) is 20.1. The molecule has 0 aliphatic rings. The van der Waals surface area contributed by atoms with Gasteiger partial charge in [0.15, 0.2) is 0 Å². The minimum atomic E-state index is -0.996. The van der Waals surface area contributed by atoms with E-state index in [-0.39, 0.29) is 18.8 Å². The lowest BCUT2D eigenvalue weighted by Gasteiger charge is -2.24. The summed E-state index contributed by atoms with van der Waals surface area (Å²) < 4.78 is 0. The summed E-state index contributed by atoms with van der Waals surface area (Å²) in [5.41, 5.74) is 4.71. The highest BCUT2D eigenvalue weighted by Crippen LogP contribution is 2.25. The molecule has 0 heterocycles. The van der Waals surface area contributed by atoms with Crippen LogP contribution in [-0.4, -0.2) is 40.6 Å². The number of carboxylic acid groups (broad SMARTS) is 2. The van der Waals surface area contributed by atoms with Gasteiger partial charge in [-0.3, -0.25) is 14.4 Å². The standard InChI is InChI=1S/C13H24N2O5/c1-8(6-13(2,3)12(19)20)7-15-11(18)9(14)4-5-10(16)17/h8-9H,4-7,14H2,1-3H3,(H,15,18)(H,16,17)(H,19,20)/t8?,9-/m0/s1. The quantitative estimate of drug-likeness (QED) is 0.487. The molecule has 1 amide bonds. The fourth-order valence-electron chi connectivity index (χ4n) is 1.85. The van der Waals surface area contributed by atoms with Crippen molar-refractivity contribution in [1.29, 1.82) is 0 Å². The van der Waals surface area contributed by atoms with Gasteiger partial charge in [0.1, 0.15) is 0 Å². The summed E-state index contributed by atoms with van der Waals surface area (Å²) in [5.74, 6) is -2.30. The van der Waals surface area contributed by atoms with Crippen molar-refractivity contribution in [3.05, 3.63) is 0 Å². The van der Waals surface area contributed by atoms with E-state index in [9.17, 15) is 14.4 Å². The monoisotopic (exact) mass is 288 g/mol. The van der Waals surface area contributed by atoms with Gasteiger partial charge in [-0.2, -0.15) is 0 Å². The van der Waals surface area contributed by atoms with Crippen LogP contribution >= 0.6 is 0 Å². The third-order valence-electron chi connectivity index (χ3n) is 3.07. The number of amides is 1. The highest BCUT2D eigenvalue weighted by Gasteiger charge is 2.29. The predicted octanol–water partition coefficient (Wildman–Crippen LogP) is 0.432. The number of aliphatic carboxylic acids is 2. The van der Waals surface area contributed by atoms with Crippen molar-refractivity contribution in [3.8, 4) is 0 Å². The molecule has 20 heavy (non-hydrogen) atoms. The van der Waals surface area contributed by atoms with Crippen LogP contribution in [-0.2, 0) is 14.4 Å². The molecule has 0 fully saturated rings. The van der Waals surface area contributed by atoms with E-state index >= 15 is 0 Å². The van der Waals surface area contributed by atoms with Crippen LogP contribution in [0.2, 0.25) is 0 Å². The first-order chi connectivity index (χ1) is 9.06. The smallest absolute Gasteiger partial charge is 0.309 e.